The van der Waals surface area contributed by atoms with Crippen LogP contribution in [0.1, 0.15) is 18.4 Å². The molecule has 1 fully saturated rings. The smallest absolute Gasteiger partial charge is 0.185 e. The van der Waals surface area contributed by atoms with Crippen molar-refractivity contribution < 1.29 is 8.42 Å². The van der Waals surface area contributed by atoms with Crippen molar-refractivity contribution in [2.75, 3.05) is 18.0 Å². The molecule has 0 N–H and O–H groups in total. The van der Waals surface area contributed by atoms with E-state index in [0.29, 0.717) is 46.2 Å². The summed E-state index contributed by atoms with van der Waals surface area (Å²) in [6, 6.07) is 12.5. The zero-order chi connectivity index (χ0) is 21.3. The fourth-order valence-electron chi connectivity index (χ4n) is 3.56. The van der Waals surface area contributed by atoms with Crippen LogP contribution in [0.3, 0.4) is 0 Å². The van der Waals surface area contributed by atoms with Crippen LogP contribution in [-0.4, -0.2) is 31.7 Å². The highest BCUT2D eigenvalue weighted by atomic mass is 79.9. The highest BCUT2D eigenvalue weighted by molar-refractivity contribution is 9.08. The van der Waals surface area contributed by atoms with Gasteiger partial charge in [-0.1, -0.05) is 51.3 Å². The van der Waals surface area contributed by atoms with Crippen LogP contribution in [0.25, 0.3) is 11.3 Å². The molecule has 4 rings (SSSR count). The number of rotatable bonds is 5. The molecule has 1 aliphatic heterocycles. The van der Waals surface area contributed by atoms with Gasteiger partial charge in [-0.2, -0.15) is 0 Å². The first-order chi connectivity index (χ1) is 14.4. The third-order valence-electron chi connectivity index (χ3n) is 5.21. The van der Waals surface area contributed by atoms with Crippen LogP contribution in [0.4, 0.5) is 5.13 Å². The summed E-state index contributed by atoms with van der Waals surface area (Å²) in [5, 5.41) is 4.35. The van der Waals surface area contributed by atoms with Crippen LogP contribution in [0.2, 0.25) is 10.0 Å². The minimum absolute atomic E-state index is 0.366. The molecule has 2 aromatic carbocycles. The number of halogens is 3. The van der Waals surface area contributed by atoms with Crippen molar-refractivity contribution in [2.24, 2.45) is 0 Å². The third kappa shape index (κ3) is 4.70. The van der Waals surface area contributed by atoms with Gasteiger partial charge in [-0.25, -0.2) is 13.4 Å². The number of thiazole rings is 1. The number of aromatic nitrogens is 1. The summed E-state index contributed by atoms with van der Waals surface area (Å²) in [5.41, 5.74) is 2.75. The van der Waals surface area contributed by atoms with Crippen LogP contribution < -0.4 is 4.90 Å². The second-order valence-corrected chi connectivity index (χ2v) is 11.7. The molecular weight excluding hydrogens is 527 g/mol. The summed E-state index contributed by atoms with van der Waals surface area (Å²) in [6.07, 6.45) is 1.17. The van der Waals surface area contributed by atoms with Gasteiger partial charge in [0, 0.05) is 39.4 Å². The third-order valence-corrected chi connectivity index (χ3v) is 9.47. The van der Waals surface area contributed by atoms with E-state index in [9.17, 15) is 8.42 Å². The quantitative estimate of drug-likeness (QED) is 0.345. The van der Waals surface area contributed by atoms with Gasteiger partial charge >= 0.3 is 0 Å². The number of piperidine rings is 1. The summed E-state index contributed by atoms with van der Waals surface area (Å²) >= 11 is 17.1. The van der Waals surface area contributed by atoms with Gasteiger partial charge in [-0.3, -0.25) is 0 Å². The average Bonchev–Trinajstić information content (AvgIpc) is 3.23. The van der Waals surface area contributed by atoms with E-state index in [-0.39, 0.29) is 5.25 Å². The van der Waals surface area contributed by atoms with E-state index in [4.69, 9.17) is 28.2 Å². The van der Waals surface area contributed by atoms with Gasteiger partial charge in [-0.05, 0) is 48.7 Å². The number of alkyl halides is 1. The highest BCUT2D eigenvalue weighted by Crippen LogP contribution is 2.33. The zero-order valence-corrected chi connectivity index (χ0v) is 20.6. The molecule has 158 valence electrons. The Balaban J connectivity index is 1.45. The fourth-order valence-corrected chi connectivity index (χ4v) is 7.08. The molecular formula is C21H19BrCl2N2O2S2. The van der Waals surface area contributed by atoms with E-state index in [0.717, 1.165) is 22.0 Å². The topological polar surface area (TPSA) is 50.3 Å². The molecule has 4 nitrogen and oxygen atoms in total. The molecule has 0 aliphatic carbocycles. The molecule has 30 heavy (non-hydrogen) atoms. The van der Waals surface area contributed by atoms with Crippen molar-refractivity contribution in [2.45, 2.75) is 28.3 Å². The number of sulfone groups is 1. The van der Waals surface area contributed by atoms with E-state index in [2.05, 4.69) is 20.8 Å². The molecule has 1 aromatic heterocycles. The van der Waals surface area contributed by atoms with Gasteiger partial charge in [0.1, 0.15) is 0 Å². The predicted molar refractivity (Wildman–Crippen MR) is 129 cm³/mol. The van der Waals surface area contributed by atoms with Crippen LogP contribution in [0.15, 0.2) is 52.7 Å². The number of nitrogens with zero attached hydrogens (tertiary/aromatic N) is 2. The van der Waals surface area contributed by atoms with Crippen LogP contribution >= 0.6 is 50.5 Å². The molecule has 3 aromatic rings. The van der Waals surface area contributed by atoms with Gasteiger partial charge in [0.05, 0.1) is 15.8 Å². The number of hydrogen-bond donors (Lipinski definition) is 0. The fraction of sp³-hybridized carbons (Fsp3) is 0.286. The van der Waals surface area contributed by atoms with Gasteiger partial charge in [0.2, 0.25) is 0 Å². The maximum absolute atomic E-state index is 13.0. The molecule has 0 spiro atoms. The molecule has 0 amide bonds. The lowest BCUT2D eigenvalue weighted by molar-refractivity contribution is 0.529. The second kappa shape index (κ2) is 9.17. The lowest BCUT2D eigenvalue weighted by atomic mass is 10.1. The van der Waals surface area contributed by atoms with Crippen molar-refractivity contribution in [3.63, 3.8) is 0 Å². The van der Waals surface area contributed by atoms with Crippen molar-refractivity contribution in [3.05, 3.63) is 63.5 Å². The monoisotopic (exact) mass is 544 g/mol. The first kappa shape index (κ1) is 22.1. The van der Waals surface area contributed by atoms with E-state index in [1.165, 1.54) is 0 Å². The minimum Gasteiger partial charge on any atom is -0.348 e. The molecule has 0 atom stereocenters. The summed E-state index contributed by atoms with van der Waals surface area (Å²) in [5.74, 6) is 0. The Labute approximate surface area is 198 Å². The van der Waals surface area contributed by atoms with Crippen LogP contribution in [0, 0.1) is 0 Å². The Kier molecular flexibility index (Phi) is 6.75. The van der Waals surface area contributed by atoms with Gasteiger partial charge in [0.25, 0.3) is 0 Å². The molecule has 1 aliphatic rings. The summed E-state index contributed by atoms with van der Waals surface area (Å²) in [6.45, 7) is 1.32. The maximum atomic E-state index is 13.0. The average molecular weight is 546 g/mol. The largest absolute Gasteiger partial charge is 0.348 e. The van der Waals surface area contributed by atoms with E-state index in [1.807, 2.05) is 29.6 Å². The molecule has 2 heterocycles. The van der Waals surface area contributed by atoms with Crippen LogP contribution in [-0.2, 0) is 15.2 Å². The molecule has 0 saturated carbocycles. The van der Waals surface area contributed by atoms with Gasteiger partial charge in [0.15, 0.2) is 15.0 Å². The summed E-state index contributed by atoms with van der Waals surface area (Å²) in [4.78, 5) is 7.28. The standard InChI is InChI=1S/C21H19BrCl2N2O2S2/c22-12-14-1-3-18(4-2-14)30(27,28)19-5-7-26(8-6-19)21-25-20(13-29-21)15-9-16(23)11-17(24)10-15/h1-4,9-11,13,19H,5-8,12H2. The predicted octanol–water partition coefficient (Wildman–Crippen LogP) is 6.45. The molecule has 1 saturated heterocycles. The SMILES string of the molecule is O=S(=O)(c1ccc(CBr)cc1)C1CCN(c2nc(-c3cc(Cl)cc(Cl)c3)cs2)CC1. The number of hydrogen-bond acceptors (Lipinski definition) is 5. The first-order valence-electron chi connectivity index (χ1n) is 9.42. The Morgan fingerprint density at radius 3 is 2.30 bits per heavy atom. The van der Waals surface area contributed by atoms with Crippen molar-refractivity contribution >= 4 is 65.4 Å². The summed E-state index contributed by atoms with van der Waals surface area (Å²) in [7, 11) is -3.33. The van der Waals surface area contributed by atoms with E-state index >= 15 is 0 Å². The molecule has 9 heteroatoms. The van der Waals surface area contributed by atoms with Crippen LogP contribution in [0.5, 0.6) is 0 Å². The van der Waals surface area contributed by atoms with Crippen molar-refractivity contribution in [1.82, 2.24) is 4.98 Å². The number of anilines is 1. The summed E-state index contributed by atoms with van der Waals surface area (Å²) < 4.78 is 26.0. The highest BCUT2D eigenvalue weighted by Gasteiger charge is 2.32. The van der Waals surface area contributed by atoms with Gasteiger partial charge in [-0.15, -0.1) is 11.3 Å². The number of benzene rings is 2. The Bertz CT molecular complexity index is 1120. The molecule has 0 radical (unpaired) electrons. The Morgan fingerprint density at radius 1 is 1.07 bits per heavy atom. The lowest BCUT2D eigenvalue weighted by Gasteiger charge is -2.31. The van der Waals surface area contributed by atoms with Crippen molar-refractivity contribution in [3.8, 4) is 11.3 Å². The van der Waals surface area contributed by atoms with E-state index in [1.54, 1.807) is 29.5 Å². The first-order valence-corrected chi connectivity index (χ1v) is 13.7. The second-order valence-electron chi connectivity index (χ2n) is 7.18. The van der Waals surface area contributed by atoms with Gasteiger partial charge < -0.3 is 4.90 Å². The minimum atomic E-state index is -3.33. The Morgan fingerprint density at radius 2 is 1.70 bits per heavy atom. The normalized spacial score (nSPS) is 15.5. The van der Waals surface area contributed by atoms with E-state index < -0.39 is 9.84 Å². The zero-order valence-electron chi connectivity index (χ0n) is 15.9. The molecule has 0 bridgehead atoms. The lowest BCUT2D eigenvalue weighted by Crippen LogP contribution is -2.39. The Hall–Kier alpha value is -1.12. The molecule has 0 unspecified atom stereocenters. The van der Waals surface area contributed by atoms with Crippen molar-refractivity contribution in [1.29, 1.82) is 0 Å². The maximum Gasteiger partial charge on any atom is 0.185 e.